The van der Waals surface area contributed by atoms with Gasteiger partial charge in [0.05, 0.1) is 16.6 Å². The van der Waals surface area contributed by atoms with Crippen molar-refractivity contribution < 1.29 is 14.3 Å². The van der Waals surface area contributed by atoms with Gasteiger partial charge in [0.15, 0.2) is 16.6 Å². The highest BCUT2D eigenvalue weighted by molar-refractivity contribution is 7.22. The Hall–Kier alpha value is -2.60. The maximum absolute atomic E-state index is 12.3. The first-order valence-corrected chi connectivity index (χ1v) is 8.46. The summed E-state index contributed by atoms with van der Waals surface area (Å²) in [5.74, 6) is 1.35. The summed E-state index contributed by atoms with van der Waals surface area (Å²) in [5, 5.41) is 3.48. The number of anilines is 1. The minimum Gasteiger partial charge on any atom is -0.454 e. The summed E-state index contributed by atoms with van der Waals surface area (Å²) >= 11 is 1.43. The van der Waals surface area contributed by atoms with Gasteiger partial charge in [-0.15, -0.1) is 0 Å². The van der Waals surface area contributed by atoms with Gasteiger partial charge in [0, 0.05) is 12.1 Å². The molecule has 0 saturated heterocycles. The van der Waals surface area contributed by atoms with Crippen molar-refractivity contribution in [2.75, 3.05) is 12.1 Å². The van der Waals surface area contributed by atoms with Crippen molar-refractivity contribution in [1.82, 2.24) is 4.98 Å². The van der Waals surface area contributed by atoms with Gasteiger partial charge in [-0.05, 0) is 25.0 Å². The van der Waals surface area contributed by atoms with Crippen molar-refractivity contribution in [3.05, 3.63) is 47.0 Å². The van der Waals surface area contributed by atoms with Crippen molar-refractivity contribution in [3.8, 4) is 11.5 Å². The molecule has 0 unspecified atom stereocenters. The Balaban J connectivity index is 1.53. The normalized spacial score (nSPS) is 12.6. The van der Waals surface area contributed by atoms with Crippen LogP contribution in [-0.4, -0.2) is 17.7 Å². The molecule has 1 aliphatic heterocycles. The van der Waals surface area contributed by atoms with Crippen molar-refractivity contribution >= 4 is 32.6 Å². The molecule has 0 radical (unpaired) electrons. The second-order valence-electron chi connectivity index (χ2n) is 5.85. The monoisotopic (exact) mass is 340 g/mol. The lowest BCUT2D eigenvalue weighted by molar-refractivity contribution is -0.115. The van der Waals surface area contributed by atoms with Crippen LogP contribution in [0.5, 0.6) is 11.5 Å². The Kier molecular flexibility index (Phi) is 3.61. The Labute approximate surface area is 143 Å². The number of carbonyl (C=O) groups is 1. The molecule has 1 N–H and O–H groups in total. The van der Waals surface area contributed by atoms with Crippen LogP contribution in [-0.2, 0) is 11.2 Å². The van der Waals surface area contributed by atoms with Crippen LogP contribution in [0.15, 0.2) is 30.3 Å². The van der Waals surface area contributed by atoms with Gasteiger partial charge in [-0.3, -0.25) is 4.79 Å². The number of nitrogens with zero attached hydrogens (tertiary/aromatic N) is 1. The fourth-order valence-corrected chi connectivity index (χ4v) is 3.59. The summed E-state index contributed by atoms with van der Waals surface area (Å²) in [7, 11) is 0. The third kappa shape index (κ3) is 2.80. The van der Waals surface area contributed by atoms with Crippen LogP contribution in [0.2, 0.25) is 0 Å². The average molecular weight is 340 g/mol. The summed E-state index contributed by atoms with van der Waals surface area (Å²) in [6.45, 7) is 4.28. The van der Waals surface area contributed by atoms with Gasteiger partial charge in [0.25, 0.3) is 0 Å². The SMILES string of the molecule is Cc1ccc(C)c(CC(=O)Nc2nc3cc4c(cc3s2)OCO4)c1. The Morgan fingerprint density at radius 2 is 2.00 bits per heavy atom. The number of aromatic nitrogens is 1. The molecule has 2 aromatic carbocycles. The van der Waals surface area contributed by atoms with E-state index in [-0.39, 0.29) is 12.7 Å². The molecule has 0 saturated carbocycles. The Morgan fingerprint density at radius 3 is 2.83 bits per heavy atom. The molecule has 5 nitrogen and oxygen atoms in total. The maximum Gasteiger partial charge on any atom is 0.231 e. The molecule has 0 aliphatic carbocycles. The zero-order chi connectivity index (χ0) is 16.7. The lowest BCUT2D eigenvalue weighted by Crippen LogP contribution is -2.14. The van der Waals surface area contributed by atoms with Crippen molar-refractivity contribution in [2.45, 2.75) is 20.3 Å². The molecule has 0 atom stereocenters. The molecule has 1 aromatic heterocycles. The lowest BCUT2D eigenvalue weighted by Gasteiger charge is -2.06. The number of ether oxygens (including phenoxy) is 2. The minimum absolute atomic E-state index is 0.0669. The molecule has 3 aromatic rings. The van der Waals surface area contributed by atoms with Gasteiger partial charge in [0.2, 0.25) is 12.7 Å². The summed E-state index contributed by atoms with van der Waals surface area (Å²) in [6.07, 6.45) is 0.339. The highest BCUT2D eigenvalue weighted by Crippen LogP contribution is 2.38. The molecule has 122 valence electrons. The topological polar surface area (TPSA) is 60.5 Å². The van der Waals surface area contributed by atoms with Crippen molar-refractivity contribution in [2.24, 2.45) is 0 Å². The van der Waals surface area contributed by atoms with Gasteiger partial charge >= 0.3 is 0 Å². The van der Waals surface area contributed by atoms with E-state index in [0.717, 1.165) is 32.7 Å². The molecule has 0 fully saturated rings. The Bertz CT molecular complexity index is 908. The highest BCUT2D eigenvalue weighted by atomic mass is 32.1. The second kappa shape index (κ2) is 5.79. The van der Waals surface area contributed by atoms with Crippen LogP contribution in [0.4, 0.5) is 5.13 Å². The van der Waals surface area contributed by atoms with E-state index in [1.54, 1.807) is 0 Å². The van der Waals surface area contributed by atoms with Crippen LogP contribution in [0.1, 0.15) is 16.7 Å². The van der Waals surface area contributed by atoms with Gasteiger partial charge < -0.3 is 14.8 Å². The number of aryl methyl sites for hydroxylation is 2. The molecule has 0 spiro atoms. The quantitative estimate of drug-likeness (QED) is 0.787. The van der Waals surface area contributed by atoms with E-state index in [1.165, 1.54) is 11.3 Å². The minimum atomic E-state index is -0.0669. The van der Waals surface area contributed by atoms with Crippen molar-refractivity contribution in [3.63, 3.8) is 0 Å². The fourth-order valence-electron chi connectivity index (χ4n) is 2.70. The third-order valence-electron chi connectivity index (χ3n) is 3.98. The lowest BCUT2D eigenvalue weighted by atomic mass is 10.0. The van der Waals surface area contributed by atoms with Crippen LogP contribution < -0.4 is 14.8 Å². The standard InChI is InChI=1S/C18H16N2O3S/c1-10-3-4-11(2)12(5-10)6-17(21)20-18-19-13-7-14-15(23-9-22-14)8-16(13)24-18/h3-5,7-8H,6,9H2,1-2H3,(H,19,20,21). The van der Waals surface area contributed by atoms with E-state index in [1.807, 2.05) is 44.2 Å². The van der Waals surface area contributed by atoms with Crippen LogP contribution >= 0.6 is 11.3 Å². The zero-order valence-corrected chi connectivity index (χ0v) is 14.2. The average Bonchev–Trinajstić information content (AvgIpc) is 3.13. The summed E-state index contributed by atoms with van der Waals surface area (Å²) in [5.41, 5.74) is 4.10. The molecule has 4 rings (SSSR count). The van der Waals surface area contributed by atoms with Crippen LogP contribution in [0.25, 0.3) is 10.2 Å². The summed E-state index contributed by atoms with van der Waals surface area (Å²) in [6, 6.07) is 9.88. The second-order valence-corrected chi connectivity index (χ2v) is 6.88. The molecular formula is C18H16N2O3S. The molecular weight excluding hydrogens is 324 g/mol. The number of rotatable bonds is 3. The van der Waals surface area contributed by atoms with Gasteiger partial charge in [-0.25, -0.2) is 4.98 Å². The number of amides is 1. The smallest absolute Gasteiger partial charge is 0.231 e. The maximum atomic E-state index is 12.3. The Morgan fingerprint density at radius 1 is 1.21 bits per heavy atom. The van der Waals surface area contributed by atoms with E-state index in [0.29, 0.717) is 17.3 Å². The fraction of sp³-hybridized carbons (Fsp3) is 0.222. The first kappa shape index (κ1) is 15.0. The van der Waals surface area contributed by atoms with Crippen molar-refractivity contribution in [1.29, 1.82) is 0 Å². The van der Waals surface area contributed by atoms with E-state index < -0.39 is 0 Å². The molecule has 24 heavy (non-hydrogen) atoms. The summed E-state index contributed by atoms with van der Waals surface area (Å²) < 4.78 is 11.7. The predicted octanol–water partition coefficient (Wildman–Crippen LogP) is 3.82. The van der Waals surface area contributed by atoms with E-state index in [9.17, 15) is 4.79 Å². The number of thiazole rings is 1. The summed E-state index contributed by atoms with van der Waals surface area (Å²) in [4.78, 5) is 16.8. The van der Waals surface area contributed by atoms with E-state index in [2.05, 4.69) is 10.3 Å². The third-order valence-corrected chi connectivity index (χ3v) is 4.92. The molecule has 1 aliphatic rings. The van der Waals surface area contributed by atoms with E-state index in [4.69, 9.17) is 9.47 Å². The van der Waals surface area contributed by atoms with E-state index >= 15 is 0 Å². The van der Waals surface area contributed by atoms with Gasteiger partial charge in [-0.2, -0.15) is 0 Å². The predicted molar refractivity (Wildman–Crippen MR) is 94.0 cm³/mol. The van der Waals surface area contributed by atoms with Crippen LogP contribution in [0.3, 0.4) is 0 Å². The number of carbonyl (C=O) groups excluding carboxylic acids is 1. The number of hydrogen-bond acceptors (Lipinski definition) is 5. The van der Waals surface area contributed by atoms with Gasteiger partial charge in [0.1, 0.15) is 0 Å². The number of fused-ring (bicyclic) bond motifs is 2. The molecule has 0 bridgehead atoms. The largest absolute Gasteiger partial charge is 0.454 e. The number of nitrogens with one attached hydrogen (secondary N) is 1. The number of hydrogen-bond donors (Lipinski definition) is 1. The number of benzene rings is 2. The molecule has 1 amide bonds. The van der Waals surface area contributed by atoms with Gasteiger partial charge in [-0.1, -0.05) is 35.1 Å². The first-order chi connectivity index (χ1) is 11.6. The highest BCUT2D eigenvalue weighted by Gasteiger charge is 2.17. The molecule has 2 heterocycles. The van der Waals surface area contributed by atoms with Crippen LogP contribution in [0, 0.1) is 13.8 Å². The first-order valence-electron chi connectivity index (χ1n) is 7.65. The molecule has 6 heteroatoms. The zero-order valence-electron chi connectivity index (χ0n) is 13.4.